The van der Waals surface area contributed by atoms with Crippen LogP contribution in [0.15, 0.2) is 12.1 Å². The van der Waals surface area contributed by atoms with Crippen LogP contribution in [-0.2, 0) is 10.8 Å². The van der Waals surface area contributed by atoms with Crippen LogP contribution in [0.3, 0.4) is 0 Å². The molecule has 0 fully saturated rings. The molecular formula is C8H2F4O2. The number of ether oxygens (including phenoxy) is 1. The van der Waals surface area contributed by atoms with Gasteiger partial charge in [0.15, 0.2) is 11.6 Å². The van der Waals surface area contributed by atoms with Crippen LogP contribution in [0.1, 0.15) is 15.9 Å². The van der Waals surface area contributed by atoms with E-state index < -0.39 is 34.8 Å². The second-order valence-corrected chi connectivity index (χ2v) is 2.69. The zero-order chi connectivity index (χ0) is 10.5. The summed E-state index contributed by atoms with van der Waals surface area (Å²) in [6.07, 6.45) is -3.87. The Hall–Kier alpha value is -1.59. The fourth-order valence-corrected chi connectivity index (χ4v) is 1.22. The quantitative estimate of drug-likeness (QED) is 0.480. The normalized spacial score (nSPS) is 17.9. The number of halogens is 4. The summed E-state index contributed by atoms with van der Waals surface area (Å²) in [7, 11) is 0. The highest BCUT2D eigenvalue weighted by Gasteiger charge is 2.49. The Kier molecular flexibility index (Phi) is 1.58. The molecule has 0 saturated heterocycles. The van der Waals surface area contributed by atoms with Crippen LogP contribution in [0.4, 0.5) is 17.6 Å². The Bertz CT molecular complexity index is 428. The number of rotatable bonds is 0. The van der Waals surface area contributed by atoms with Crippen molar-refractivity contribution in [2.75, 3.05) is 0 Å². The maximum absolute atomic E-state index is 12.9. The molecule has 0 atom stereocenters. The SMILES string of the molecule is O=C1OC(F)(F)c2ccc(F)c(F)c21. The van der Waals surface area contributed by atoms with E-state index in [4.69, 9.17) is 0 Å². The first-order chi connectivity index (χ1) is 6.43. The lowest BCUT2D eigenvalue weighted by molar-refractivity contribution is -0.199. The molecule has 1 heterocycles. The highest BCUT2D eigenvalue weighted by atomic mass is 19.3. The Morgan fingerprint density at radius 1 is 1.21 bits per heavy atom. The van der Waals surface area contributed by atoms with Crippen molar-refractivity contribution in [1.82, 2.24) is 0 Å². The number of hydrogen-bond acceptors (Lipinski definition) is 2. The molecule has 1 aliphatic rings. The van der Waals surface area contributed by atoms with E-state index >= 15 is 0 Å². The van der Waals surface area contributed by atoms with Gasteiger partial charge in [-0.05, 0) is 12.1 Å². The van der Waals surface area contributed by atoms with Crippen molar-refractivity contribution in [1.29, 1.82) is 0 Å². The van der Waals surface area contributed by atoms with Gasteiger partial charge in [-0.15, -0.1) is 0 Å². The van der Waals surface area contributed by atoms with Gasteiger partial charge in [-0.3, -0.25) is 0 Å². The standard InChI is InChI=1S/C8H2F4O2/c9-4-2-1-3-5(6(4)10)7(13)14-8(3,11)12/h1-2H. The van der Waals surface area contributed by atoms with Gasteiger partial charge in [0.2, 0.25) is 0 Å². The van der Waals surface area contributed by atoms with Crippen molar-refractivity contribution in [3.63, 3.8) is 0 Å². The topological polar surface area (TPSA) is 26.3 Å². The van der Waals surface area contributed by atoms with Crippen molar-refractivity contribution in [2.45, 2.75) is 6.11 Å². The fourth-order valence-electron chi connectivity index (χ4n) is 1.22. The third-order valence-corrected chi connectivity index (χ3v) is 1.83. The van der Waals surface area contributed by atoms with Gasteiger partial charge in [0.1, 0.15) is 5.56 Å². The first-order valence-electron chi connectivity index (χ1n) is 3.53. The Morgan fingerprint density at radius 2 is 1.86 bits per heavy atom. The summed E-state index contributed by atoms with van der Waals surface area (Å²) in [6, 6.07) is 1.14. The van der Waals surface area contributed by atoms with Gasteiger partial charge in [0.25, 0.3) is 0 Å². The molecule has 2 rings (SSSR count). The molecule has 0 unspecified atom stereocenters. The molecule has 2 nitrogen and oxygen atoms in total. The molecule has 0 N–H and O–H groups in total. The molecule has 0 aliphatic carbocycles. The molecule has 1 aromatic rings. The van der Waals surface area contributed by atoms with Crippen LogP contribution >= 0.6 is 0 Å². The summed E-state index contributed by atoms with van der Waals surface area (Å²) < 4.78 is 54.6. The van der Waals surface area contributed by atoms with Crippen molar-refractivity contribution in [2.24, 2.45) is 0 Å². The third kappa shape index (κ3) is 0.997. The summed E-state index contributed by atoms with van der Waals surface area (Å²) in [6.45, 7) is 0. The van der Waals surface area contributed by atoms with Crippen LogP contribution in [0.2, 0.25) is 0 Å². The molecule has 6 heteroatoms. The van der Waals surface area contributed by atoms with Crippen molar-refractivity contribution >= 4 is 5.97 Å². The number of cyclic esters (lactones) is 1. The Labute approximate surface area is 75.1 Å². The Balaban J connectivity index is 2.75. The minimum atomic E-state index is -3.87. The minimum absolute atomic E-state index is 0.518. The molecule has 0 radical (unpaired) electrons. The van der Waals surface area contributed by atoms with Gasteiger partial charge >= 0.3 is 12.1 Å². The largest absolute Gasteiger partial charge is 0.429 e. The lowest BCUT2D eigenvalue weighted by Gasteiger charge is -2.06. The first kappa shape index (κ1) is 8.98. The molecule has 14 heavy (non-hydrogen) atoms. The summed E-state index contributed by atoms with van der Waals surface area (Å²) in [5, 5.41) is 0. The summed E-state index contributed by atoms with van der Waals surface area (Å²) >= 11 is 0. The number of fused-ring (bicyclic) bond motifs is 1. The van der Waals surface area contributed by atoms with Crippen LogP contribution in [-0.4, -0.2) is 5.97 Å². The highest BCUT2D eigenvalue weighted by molar-refractivity contribution is 5.94. The number of carbonyl (C=O) groups excluding carboxylic acids is 1. The maximum Gasteiger partial charge on any atom is 0.429 e. The van der Waals surface area contributed by atoms with E-state index in [1.165, 1.54) is 0 Å². The highest BCUT2D eigenvalue weighted by Crippen LogP contribution is 2.40. The molecule has 0 spiro atoms. The number of benzene rings is 1. The number of esters is 1. The van der Waals surface area contributed by atoms with Gasteiger partial charge in [-0.25, -0.2) is 13.6 Å². The number of alkyl halides is 2. The predicted molar refractivity (Wildman–Crippen MR) is 35.7 cm³/mol. The van der Waals surface area contributed by atoms with E-state index in [1.807, 2.05) is 0 Å². The lowest BCUT2D eigenvalue weighted by atomic mass is 10.1. The molecule has 1 aliphatic heterocycles. The van der Waals surface area contributed by atoms with Gasteiger partial charge in [-0.1, -0.05) is 0 Å². The predicted octanol–water partition coefficient (Wildman–Crippen LogP) is 2.18. The summed E-state index contributed by atoms with van der Waals surface area (Å²) in [5.41, 5.74) is -1.98. The first-order valence-corrected chi connectivity index (χ1v) is 3.53. The van der Waals surface area contributed by atoms with E-state index in [0.717, 1.165) is 0 Å². The van der Waals surface area contributed by atoms with Crippen LogP contribution < -0.4 is 0 Å². The summed E-state index contributed by atoms with van der Waals surface area (Å²) in [4.78, 5) is 10.7. The molecule has 74 valence electrons. The molecule has 0 amide bonds. The zero-order valence-electron chi connectivity index (χ0n) is 6.48. The molecule has 1 aromatic carbocycles. The average molecular weight is 206 g/mol. The monoisotopic (exact) mass is 206 g/mol. The van der Waals surface area contributed by atoms with Crippen molar-refractivity contribution in [3.05, 3.63) is 34.9 Å². The van der Waals surface area contributed by atoms with E-state index in [-0.39, 0.29) is 0 Å². The smallest absolute Gasteiger partial charge is 0.393 e. The van der Waals surface area contributed by atoms with Crippen LogP contribution in [0, 0.1) is 11.6 Å². The minimum Gasteiger partial charge on any atom is -0.393 e. The van der Waals surface area contributed by atoms with E-state index in [1.54, 1.807) is 0 Å². The van der Waals surface area contributed by atoms with Crippen molar-refractivity contribution in [3.8, 4) is 0 Å². The van der Waals surface area contributed by atoms with Gasteiger partial charge in [-0.2, -0.15) is 8.78 Å². The van der Waals surface area contributed by atoms with Crippen LogP contribution in [0.5, 0.6) is 0 Å². The van der Waals surface area contributed by atoms with E-state index in [2.05, 4.69) is 4.74 Å². The molecule has 0 saturated carbocycles. The van der Waals surface area contributed by atoms with E-state index in [9.17, 15) is 22.4 Å². The number of hydrogen-bond donors (Lipinski definition) is 0. The number of carbonyl (C=O) groups is 1. The fraction of sp³-hybridized carbons (Fsp3) is 0.125. The van der Waals surface area contributed by atoms with Crippen molar-refractivity contribution < 1.29 is 27.1 Å². The maximum atomic E-state index is 12.9. The van der Waals surface area contributed by atoms with E-state index in [0.29, 0.717) is 12.1 Å². The molecule has 0 aromatic heterocycles. The van der Waals surface area contributed by atoms with Gasteiger partial charge in [0, 0.05) is 0 Å². The molecule has 0 bridgehead atoms. The second kappa shape index (κ2) is 2.46. The lowest BCUT2D eigenvalue weighted by Crippen LogP contribution is -2.11. The molecular weight excluding hydrogens is 204 g/mol. The zero-order valence-corrected chi connectivity index (χ0v) is 6.48. The average Bonchev–Trinajstić information content (AvgIpc) is 2.29. The van der Waals surface area contributed by atoms with Crippen LogP contribution in [0.25, 0.3) is 0 Å². The van der Waals surface area contributed by atoms with Gasteiger partial charge < -0.3 is 4.74 Å². The van der Waals surface area contributed by atoms with Gasteiger partial charge in [0.05, 0.1) is 5.56 Å². The third-order valence-electron chi connectivity index (χ3n) is 1.83. The summed E-state index contributed by atoms with van der Waals surface area (Å²) in [5.74, 6) is -4.52. The Morgan fingerprint density at radius 3 is 2.50 bits per heavy atom. The second-order valence-electron chi connectivity index (χ2n) is 2.69.